The van der Waals surface area contributed by atoms with Crippen LogP contribution in [0.25, 0.3) is 10.2 Å². The second kappa shape index (κ2) is 5.66. The largest absolute Gasteiger partial charge is 0.493 e. The van der Waals surface area contributed by atoms with Crippen LogP contribution in [0.2, 0.25) is 0 Å². The molecule has 0 aliphatic carbocycles. The van der Waals surface area contributed by atoms with Crippen LogP contribution in [0, 0.1) is 0 Å². The SMILES string of the molecule is CN(C(=O)[C@H]1CCOc2ccccc21)c1nc2ccccc2s1. The molecule has 2 aromatic carbocycles. The van der Waals surface area contributed by atoms with Crippen LogP contribution < -0.4 is 9.64 Å². The predicted octanol–water partition coefficient (Wildman–Crippen LogP) is 3.83. The molecule has 0 spiro atoms. The van der Waals surface area contributed by atoms with Crippen LogP contribution in [-0.4, -0.2) is 24.5 Å². The maximum atomic E-state index is 13.0. The molecule has 23 heavy (non-hydrogen) atoms. The second-order valence-electron chi connectivity index (χ2n) is 5.59. The lowest BCUT2D eigenvalue weighted by molar-refractivity contribution is -0.120. The van der Waals surface area contributed by atoms with Gasteiger partial charge in [-0.05, 0) is 24.6 Å². The summed E-state index contributed by atoms with van der Waals surface area (Å²) >= 11 is 1.54. The molecular weight excluding hydrogens is 308 g/mol. The number of carbonyl (C=O) groups excluding carboxylic acids is 1. The monoisotopic (exact) mass is 324 g/mol. The maximum absolute atomic E-state index is 13.0. The third-order valence-electron chi connectivity index (χ3n) is 4.16. The fourth-order valence-electron chi connectivity index (χ4n) is 2.93. The van der Waals surface area contributed by atoms with E-state index in [1.54, 1.807) is 23.3 Å². The Labute approximate surface area is 138 Å². The number of amides is 1. The molecule has 1 aromatic heterocycles. The van der Waals surface area contributed by atoms with Crippen LogP contribution in [0.3, 0.4) is 0 Å². The van der Waals surface area contributed by atoms with Crippen molar-refractivity contribution in [3.63, 3.8) is 0 Å². The highest BCUT2D eigenvalue weighted by Gasteiger charge is 2.31. The number of anilines is 1. The van der Waals surface area contributed by atoms with E-state index in [2.05, 4.69) is 4.98 Å². The number of fused-ring (bicyclic) bond motifs is 2. The predicted molar refractivity (Wildman–Crippen MR) is 92.3 cm³/mol. The highest BCUT2D eigenvalue weighted by molar-refractivity contribution is 7.22. The number of rotatable bonds is 2. The average Bonchev–Trinajstić information content (AvgIpc) is 3.04. The zero-order chi connectivity index (χ0) is 15.8. The van der Waals surface area contributed by atoms with Crippen LogP contribution in [0.5, 0.6) is 5.75 Å². The smallest absolute Gasteiger partial charge is 0.236 e. The summed E-state index contributed by atoms with van der Waals surface area (Å²) in [4.78, 5) is 19.2. The molecule has 5 heteroatoms. The summed E-state index contributed by atoms with van der Waals surface area (Å²) in [5, 5.41) is 0.736. The van der Waals surface area contributed by atoms with Gasteiger partial charge in [-0.3, -0.25) is 9.69 Å². The molecule has 4 nitrogen and oxygen atoms in total. The van der Waals surface area contributed by atoms with E-state index in [4.69, 9.17) is 4.74 Å². The van der Waals surface area contributed by atoms with Crippen molar-refractivity contribution in [3.05, 3.63) is 54.1 Å². The van der Waals surface area contributed by atoms with E-state index in [1.165, 1.54) is 0 Å². The minimum atomic E-state index is -0.169. The Balaban J connectivity index is 1.66. The summed E-state index contributed by atoms with van der Waals surface area (Å²) in [5.41, 5.74) is 1.90. The first kappa shape index (κ1) is 14.2. The first-order valence-electron chi connectivity index (χ1n) is 7.59. The maximum Gasteiger partial charge on any atom is 0.236 e. The van der Waals surface area contributed by atoms with Gasteiger partial charge in [-0.15, -0.1) is 0 Å². The lowest BCUT2D eigenvalue weighted by Crippen LogP contribution is -2.34. The second-order valence-corrected chi connectivity index (χ2v) is 6.60. The van der Waals surface area contributed by atoms with Gasteiger partial charge in [0.1, 0.15) is 5.75 Å². The first-order valence-corrected chi connectivity index (χ1v) is 8.40. The van der Waals surface area contributed by atoms with Gasteiger partial charge in [-0.2, -0.15) is 0 Å². The van der Waals surface area contributed by atoms with E-state index in [9.17, 15) is 4.79 Å². The molecule has 2 heterocycles. The number of aromatic nitrogens is 1. The van der Waals surface area contributed by atoms with Crippen molar-refractivity contribution in [1.82, 2.24) is 4.98 Å². The zero-order valence-electron chi connectivity index (χ0n) is 12.7. The number of thiazole rings is 1. The van der Waals surface area contributed by atoms with Gasteiger partial charge in [0.2, 0.25) is 5.91 Å². The molecule has 1 atom stereocenters. The molecule has 0 saturated carbocycles. The lowest BCUT2D eigenvalue weighted by Gasteiger charge is -2.27. The van der Waals surface area contributed by atoms with E-state index in [1.807, 2.05) is 48.5 Å². The van der Waals surface area contributed by atoms with Crippen molar-refractivity contribution in [3.8, 4) is 5.75 Å². The number of likely N-dealkylation sites (N-methyl/N-ethyl adjacent to an activating group) is 1. The van der Waals surface area contributed by atoms with Gasteiger partial charge >= 0.3 is 0 Å². The molecule has 1 aliphatic heterocycles. The highest BCUT2D eigenvalue weighted by Crippen LogP contribution is 2.36. The summed E-state index contributed by atoms with van der Waals surface area (Å²) in [7, 11) is 1.80. The Morgan fingerprint density at radius 1 is 1.22 bits per heavy atom. The van der Waals surface area contributed by atoms with Crippen molar-refractivity contribution >= 4 is 32.6 Å². The quantitative estimate of drug-likeness (QED) is 0.719. The number of nitrogens with zero attached hydrogens (tertiary/aromatic N) is 2. The summed E-state index contributed by atoms with van der Waals surface area (Å²) < 4.78 is 6.75. The Morgan fingerprint density at radius 2 is 2.00 bits per heavy atom. The number of benzene rings is 2. The van der Waals surface area contributed by atoms with E-state index in [0.717, 1.165) is 26.7 Å². The highest BCUT2D eigenvalue weighted by atomic mass is 32.1. The van der Waals surface area contributed by atoms with Crippen molar-refractivity contribution in [2.75, 3.05) is 18.6 Å². The number of hydrogen-bond acceptors (Lipinski definition) is 4. The third-order valence-corrected chi connectivity index (χ3v) is 5.27. The van der Waals surface area contributed by atoms with Gasteiger partial charge in [0.15, 0.2) is 5.13 Å². The van der Waals surface area contributed by atoms with Gasteiger partial charge in [0.05, 0.1) is 22.7 Å². The first-order chi connectivity index (χ1) is 11.2. The van der Waals surface area contributed by atoms with Crippen molar-refractivity contribution < 1.29 is 9.53 Å². The number of para-hydroxylation sites is 2. The van der Waals surface area contributed by atoms with Crippen molar-refractivity contribution in [1.29, 1.82) is 0 Å². The van der Waals surface area contributed by atoms with Gasteiger partial charge in [0, 0.05) is 12.6 Å². The number of ether oxygens (including phenoxy) is 1. The van der Waals surface area contributed by atoms with Crippen molar-refractivity contribution in [2.45, 2.75) is 12.3 Å². The number of hydrogen-bond donors (Lipinski definition) is 0. The summed E-state index contributed by atoms with van der Waals surface area (Å²) in [5.74, 6) is 0.714. The van der Waals surface area contributed by atoms with Gasteiger partial charge < -0.3 is 4.74 Å². The van der Waals surface area contributed by atoms with Crippen LogP contribution in [-0.2, 0) is 4.79 Å². The molecule has 0 N–H and O–H groups in total. The minimum Gasteiger partial charge on any atom is -0.493 e. The van der Waals surface area contributed by atoms with Gasteiger partial charge in [-0.25, -0.2) is 4.98 Å². The molecule has 0 radical (unpaired) electrons. The molecule has 0 saturated heterocycles. The average molecular weight is 324 g/mol. The summed E-state index contributed by atoms with van der Waals surface area (Å²) in [6.45, 7) is 0.571. The van der Waals surface area contributed by atoms with Crippen LogP contribution in [0.4, 0.5) is 5.13 Å². The van der Waals surface area contributed by atoms with Crippen LogP contribution in [0.1, 0.15) is 17.9 Å². The molecule has 4 rings (SSSR count). The molecule has 116 valence electrons. The Morgan fingerprint density at radius 3 is 2.87 bits per heavy atom. The Bertz CT molecular complexity index is 841. The van der Waals surface area contributed by atoms with E-state index in [-0.39, 0.29) is 11.8 Å². The number of carbonyl (C=O) groups is 1. The topological polar surface area (TPSA) is 42.4 Å². The summed E-state index contributed by atoms with van der Waals surface area (Å²) in [6, 6.07) is 15.7. The van der Waals surface area contributed by atoms with Crippen molar-refractivity contribution in [2.24, 2.45) is 0 Å². The standard InChI is InChI=1S/C18H16N2O2S/c1-20(18-19-14-7-3-5-9-16(14)23-18)17(21)13-10-11-22-15-8-4-2-6-12(13)15/h2-9,13H,10-11H2,1H3/t13-/m0/s1. The van der Waals surface area contributed by atoms with Gasteiger partial charge in [-0.1, -0.05) is 41.7 Å². The van der Waals surface area contributed by atoms with E-state index < -0.39 is 0 Å². The van der Waals surface area contributed by atoms with Crippen LogP contribution >= 0.6 is 11.3 Å². The van der Waals surface area contributed by atoms with E-state index >= 15 is 0 Å². The van der Waals surface area contributed by atoms with Gasteiger partial charge in [0.25, 0.3) is 0 Å². The molecule has 0 bridgehead atoms. The Kier molecular flexibility index (Phi) is 3.50. The normalized spacial score (nSPS) is 16.7. The third kappa shape index (κ3) is 2.47. The fourth-order valence-corrected chi connectivity index (χ4v) is 3.86. The molecule has 3 aromatic rings. The van der Waals surface area contributed by atoms with Crippen LogP contribution in [0.15, 0.2) is 48.5 Å². The molecule has 0 unspecified atom stereocenters. The minimum absolute atomic E-state index is 0.0693. The fraction of sp³-hybridized carbons (Fsp3) is 0.222. The molecule has 0 fully saturated rings. The lowest BCUT2D eigenvalue weighted by atomic mass is 9.92. The molecular formula is C18H16N2O2S. The molecule has 1 amide bonds. The molecule has 1 aliphatic rings. The zero-order valence-corrected chi connectivity index (χ0v) is 13.5. The van der Waals surface area contributed by atoms with E-state index in [0.29, 0.717) is 13.0 Å². The Hall–Kier alpha value is -2.40. The summed E-state index contributed by atoms with van der Waals surface area (Å²) in [6.07, 6.45) is 0.699.